The fourth-order valence-electron chi connectivity index (χ4n) is 14.7. The molecule has 0 bridgehead atoms. The zero-order valence-corrected chi connectivity index (χ0v) is 78.3. The molecule has 3 unspecified atom stereocenters. The molecule has 124 heavy (non-hydrogen) atoms. The molecule has 1 aliphatic heterocycles. The number of imidazole rings is 1. The number of aliphatic hydroxyl groups is 1. The van der Waals surface area contributed by atoms with E-state index in [0.29, 0.717) is 5.52 Å². The van der Waals surface area contributed by atoms with Gasteiger partial charge in [0.25, 0.3) is 5.91 Å². The summed E-state index contributed by atoms with van der Waals surface area (Å²) in [5, 5.41) is 42.8. The number of carbonyl (C=O) groups excluding carboxylic acids is 17. The molecular formula is C87H143N17O20. The molecule has 1 aromatic heterocycles. The Labute approximate surface area is 730 Å². The Balaban J connectivity index is 2.16. The number of rotatable bonds is 30. The maximum absolute atomic E-state index is 15.7. The molecule has 0 aliphatic carbocycles. The number of hydrogen-bond acceptors (Lipinski definition) is 20. The number of carboxylic acids is 1. The van der Waals surface area contributed by atoms with Crippen molar-refractivity contribution in [1.29, 1.82) is 0 Å². The number of aromatic nitrogens is 2. The van der Waals surface area contributed by atoms with Crippen LogP contribution in [0, 0.1) is 53.3 Å². The van der Waals surface area contributed by atoms with E-state index in [4.69, 9.17) is 10.1 Å². The third kappa shape index (κ3) is 30.2. The summed E-state index contributed by atoms with van der Waals surface area (Å²) in [6.45, 7) is 35.0. The summed E-state index contributed by atoms with van der Waals surface area (Å²) < 4.78 is 0. The zero-order chi connectivity index (χ0) is 95.2. The van der Waals surface area contributed by atoms with Gasteiger partial charge in [0.15, 0.2) is 11.6 Å². The standard InChI is InChI=1S/C87H143N17O20/c1-30-58-82(118)98(23)41-68(107)99(24)61(33-42(2)3)79(115)97-69(46(10)11)85(121)100(25)62(34-43(4)5)78(114)91-54(20)76(112)92-55(21)81(117)101(26)63(35-44(6)7)83(119)102(27)64(36-45(8)9)84(120)103(28)70(47(12)13)86(122)104(29)71(80(116)96-58)72(108)48(14)39-67-94-59-32-31-57(40-60(59)95-67)77(113)90-53(19)75(111)89-52(18)66(106)37-49(15)73(109)88-51(17)65(105)38-50(16)74(110)93-56(22)87(123)124/h31-32,40,42-56,58,61-64,69-72,108H,30,33-39,41H2,1-29H3,(H,88,109)(H,89,111)(H,90,113)(H,91,114)(H,92,112)(H,93,110)(H,94,95)(H,96,116)(H,97,115)(H,123,124)/t48-,49-,50-,51?,52?,53+,54+,55-,56?,58+,61+,62+,63+,64+,69+,70+,71+,72-/m1/s1. The number of likely N-dealkylation sites (N-methyl/N-ethyl adjacent to an activating group) is 7. The minimum atomic E-state index is -1.87. The fourth-order valence-corrected chi connectivity index (χ4v) is 14.7. The molecule has 37 heteroatoms. The smallest absolute Gasteiger partial charge is 0.325 e. The Morgan fingerprint density at radius 1 is 0.460 bits per heavy atom. The number of fused-ring (bicyclic) bond motifs is 1. The number of Topliss-reactive ketones (excluding diaryl/α,β-unsaturated/α-hetero) is 2. The highest BCUT2D eigenvalue weighted by Crippen LogP contribution is 2.28. The number of H-pyrrole nitrogens is 1. The van der Waals surface area contributed by atoms with Crippen molar-refractivity contribution in [3.05, 3.63) is 29.6 Å². The van der Waals surface area contributed by atoms with Gasteiger partial charge in [-0.15, -0.1) is 0 Å². The molecule has 11 N–H and O–H groups in total. The van der Waals surface area contributed by atoms with Crippen molar-refractivity contribution in [2.24, 2.45) is 53.3 Å². The molecular weight excluding hydrogens is 1600 g/mol. The topological polar surface area (TPSA) is 495 Å². The van der Waals surface area contributed by atoms with Crippen LogP contribution in [0.15, 0.2) is 18.2 Å². The molecule has 2 aromatic rings. The number of nitrogens with one attached hydrogen (secondary N) is 9. The van der Waals surface area contributed by atoms with Crippen LogP contribution >= 0.6 is 0 Å². The van der Waals surface area contributed by atoms with Crippen LogP contribution in [0.1, 0.15) is 213 Å². The maximum Gasteiger partial charge on any atom is 0.325 e. The molecule has 2 heterocycles. The lowest BCUT2D eigenvalue weighted by atomic mass is 9.91. The predicted octanol–water partition coefficient (Wildman–Crippen LogP) is 2.33. The summed E-state index contributed by atoms with van der Waals surface area (Å²) >= 11 is 0. The Morgan fingerprint density at radius 3 is 1.37 bits per heavy atom. The van der Waals surface area contributed by atoms with Gasteiger partial charge in [0, 0.05) is 86.0 Å². The predicted molar refractivity (Wildman–Crippen MR) is 464 cm³/mol. The monoisotopic (exact) mass is 1750 g/mol. The van der Waals surface area contributed by atoms with Gasteiger partial charge in [-0.25, -0.2) is 4.98 Å². The van der Waals surface area contributed by atoms with Crippen LogP contribution in [0.3, 0.4) is 0 Å². The van der Waals surface area contributed by atoms with Crippen LogP contribution in [0.4, 0.5) is 0 Å². The van der Waals surface area contributed by atoms with Gasteiger partial charge < -0.3 is 92.0 Å². The lowest BCUT2D eigenvalue weighted by molar-refractivity contribution is -0.157. The highest BCUT2D eigenvalue weighted by atomic mass is 16.4. The van der Waals surface area contributed by atoms with Crippen molar-refractivity contribution in [1.82, 2.24) is 86.8 Å². The molecule has 0 spiro atoms. The van der Waals surface area contributed by atoms with Crippen molar-refractivity contribution >= 4 is 117 Å². The molecule has 1 saturated heterocycles. The van der Waals surface area contributed by atoms with Gasteiger partial charge in [0.1, 0.15) is 78.3 Å². The van der Waals surface area contributed by atoms with Crippen molar-refractivity contribution in [3.8, 4) is 0 Å². The van der Waals surface area contributed by atoms with E-state index in [0.717, 1.165) is 14.7 Å². The average Bonchev–Trinajstić information content (AvgIpc) is 0.860. The Bertz CT molecular complexity index is 4140. The van der Waals surface area contributed by atoms with E-state index in [9.17, 15) is 72.2 Å². The number of aromatic amines is 1. The van der Waals surface area contributed by atoms with Gasteiger partial charge >= 0.3 is 5.97 Å². The lowest BCUT2D eigenvalue weighted by Gasteiger charge is -2.41. The summed E-state index contributed by atoms with van der Waals surface area (Å²) in [5.41, 5.74) is 0.701. The van der Waals surface area contributed by atoms with Crippen molar-refractivity contribution in [3.63, 3.8) is 0 Å². The van der Waals surface area contributed by atoms with E-state index in [1.807, 2.05) is 55.4 Å². The summed E-state index contributed by atoms with van der Waals surface area (Å²) in [4.78, 5) is 270. The molecule has 0 saturated carbocycles. The first-order valence-electron chi connectivity index (χ1n) is 43.1. The number of amides is 15. The highest BCUT2D eigenvalue weighted by Gasteiger charge is 2.47. The summed E-state index contributed by atoms with van der Waals surface area (Å²) in [6.07, 6.45) is -2.39. The van der Waals surface area contributed by atoms with Crippen LogP contribution in [0.25, 0.3) is 11.0 Å². The van der Waals surface area contributed by atoms with E-state index in [1.54, 1.807) is 41.5 Å². The largest absolute Gasteiger partial charge is 0.480 e. The summed E-state index contributed by atoms with van der Waals surface area (Å²) in [5.74, 6) is -18.3. The number of ketones is 2. The average molecular weight is 1750 g/mol. The number of aliphatic carboxylic acids is 1. The van der Waals surface area contributed by atoms with Crippen molar-refractivity contribution in [2.75, 3.05) is 55.9 Å². The van der Waals surface area contributed by atoms with Gasteiger partial charge in [-0.2, -0.15) is 0 Å². The van der Waals surface area contributed by atoms with Crippen LogP contribution in [0.5, 0.6) is 0 Å². The lowest BCUT2D eigenvalue weighted by Crippen LogP contribution is -2.63. The third-order valence-electron chi connectivity index (χ3n) is 22.7. The first-order valence-corrected chi connectivity index (χ1v) is 43.1. The van der Waals surface area contributed by atoms with E-state index in [-0.39, 0.29) is 91.9 Å². The van der Waals surface area contributed by atoms with Gasteiger partial charge in [0.2, 0.25) is 82.7 Å². The first kappa shape index (κ1) is 108. The van der Waals surface area contributed by atoms with Crippen LogP contribution in [0.2, 0.25) is 0 Å². The van der Waals surface area contributed by atoms with Crippen molar-refractivity contribution < 1.29 is 96.5 Å². The molecule has 1 fully saturated rings. The molecule has 3 rings (SSSR count). The van der Waals surface area contributed by atoms with E-state index < -0.39 is 233 Å². The van der Waals surface area contributed by atoms with Crippen molar-refractivity contribution in [2.45, 2.75) is 294 Å². The summed E-state index contributed by atoms with van der Waals surface area (Å²) in [6, 6.07) is -13.7. The van der Waals surface area contributed by atoms with Gasteiger partial charge in [0.05, 0.1) is 35.8 Å². The van der Waals surface area contributed by atoms with Gasteiger partial charge in [-0.05, 0) is 133 Å². The highest BCUT2D eigenvalue weighted by molar-refractivity contribution is 6.03. The SMILES string of the molecule is CC[C@@H]1NC(=O)[C@H]([C@H](O)[C@H](C)Cc2nc3cc(C(=O)N[C@@H](C)C(=O)NC(C)C(=O)C[C@@H](C)C(=O)NC(C)C(=O)C[C@@H](C)C(=O)NC(C)C(=O)O)ccc3[nH]2)N(C)C(=O)[C@H](C(C)C)N(C)C(=O)[C@H](CC(C)C)N(C)C(=O)[C@H](CC(C)C)N(C)C(=O)[C@@H](C)NC(=O)[C@H](C)NC(=O)[C@H](CC(C)C)N(C)C(=O)[C@H](C(C)C)NC(=O)[C@H](CC(C)C)N(C)C(=O)CN(C)C1=O. The molecule has 696 valence electrons. The summed E-state index contributed by atoms with van der Waals surface area (Å²) in [7, 11) is 9.54. The Kier molecular flexibility index (Phi) is 41.8. The number of carbonyl (C=O) groups is 18. The molecule has 0 radical (unpaired) electrons. The van der Waals surface area contributed by atoms with Crippen LogP contribution in [-0.2, 0) is 87.9 Å². The Morgan fingerprint density at radius 2 is 0.895 bits per heavy atom. The molecule has 18 atom stereocenters. The second-order valence-corrected chi connectivity index (χ2v) is 36.3. The number of nitrogens with zero attached hydrogens (tertiary/aromatic N) is 8. The molecule has 1 aliphatic rings. The minimum Gasteiger partial charge on any atom is -0.480 e. The third-order valence-corrected chi connectivity index (χ3v) is 22.7. The first-order chi connectivity index (χ1) is 57.3. The van der Waals surface area contributed by atoms with Gasteiger partial charge in [-0.1, -0.05) is 111 Å². The van der Waals surface area contributed by atoms with E-state index in [2.05, 4.69) is 47.5 Å². The normalized spacial score (nSPS) is 23.4. The minimum absolute atomic E-state index is 0.0461. The van der Waals surface area contributed by atoms with E-state index >= 15 is 19.2 Å². The maximum atomic E-state index is 15.7. The van der Waals surface area contributed by atoms with Crippen LogP contribution in [-0.4, -0.2) is 307 Å². The fraction of sp³-hybridized carbons (Fsp3) is 0.713. The Hall–Kier alpha value is -10.5. The van der Waals surface area contributed by atoms with E-state index in [1.165, 1.54) is 143 Å². The van der Waals surface area contributed by atoms with Crippen LogP contribution < -0.4 is 42.5 Å². The number of benzene rings is 1. The molecule has 37 nitrogen and oxygen atoms in total. The van der Waals surface area contributed by atoms with Gasteiger partial charge in [-0.3, -0.25) is 86.3 Å². The number of carboxylic acid groups (broad SMARTS) is 1. The molecule has 15 amide bonds. The molecule has 1 aromatic carbocycles. The number of hydrogen-bond donors (Lipinski definition) is 11. The zero-order valence-electron chi connectivity index (χ0n) is 78.3. The number of aliphatic hydroxyl groups excluding tert-OH is 1. The second kappa shape index (κ2) is 48.1. The second-order valence-electron chi connectivity index (χ2n) is 36.3. The quantitative estimate of drug-likeness (QED) is 0.0534.